The van der Waals surface area contributed by atoms with Crippen molar-refractivity contribution in [2.75, 3.05) is 13.1 Å². The van der Waals surface area contributed by atoms with Crippen LogP contribution in [0, 0.1) is 11.8 Å². The van der Waals surface area contributed by atoms with Crippen molar-refractivity contribution >= 4 is 11.9 Å². The Hall–Kier alpha value is -1.26. The Morgan fingerprint density at radius 2 is 1.79 bits per heavy atom. The number of urea groups is 1. The van der Waals surface area contributed by atoms with Gasteiger partial charge in [-0.2, -0.15) is 0 Å². The van der Waals surface area contributed by atoms with Gasteiger partial charge in [0, 0.05) is 31.6 Å². The summed E-state index contributed by atoms with van der Waals surface area (Å²) >= 11 is 0. The molecule has 2 atom stereocenters. The van der Waals surface area contributed by atoms with Crippen molar-refractivity contribution in [3.05, 3.63) is 0 Å². The van der Waals surface area contributed by atoms with Gasteiger partial charge in [-0.1, -0.05) is 32.6 Å². The van der Waals surface area contributed by atoms with E-state index in [1.165, 1.54) is 19.3 Å². The molecule has 1 aliphatic heterocycles. The molecule has 1 saturated carbocycles. The zero-order valence-corrected chi connectivity index (χ0v) is 15.6. The summed E-state index contributed by atoms with van der Waals surface area (Å²) in [7, 11) is 0. The number of hydrogen-bond acceptors (Lipinski definition) is 2. The quantitative estimate of drug-likeness (QED) is 0.808. The van der Waals surface area contributed by atoms with E-state index >= 15 is 0 Å². The average molecular weight is 338 g/mol. The Balaban J connectivity index is 1.80. The van der Waals surface area contributed by atoms with Crippen molar-refractivity contribution < 1.29 is 9.59 Å². The molecule has 0 aromatic heterocycles. The van der Waals surface area contributed by atoms with Crippen molar-refractivity contribution in [3.8, 4) is 0 Å². The van der Waals surface area contributed by atoms with E-state index in [1.807, 2.05) is 18.7 Å². The van der Waals surface area contributed by atoms with Crippen molar-refractivity contribution in [2.24, 2.45) is 11.8 Å². The van der Waals surface area contributed by atoms with Gasteiger partial charge in [0.05, 0.1) is 0 Å². The highest BCUT2D eigenvalue weighted by molar-refractivity contribution is 5.77. The number of likely N-dealkylation sites (tertiary alicyclic amines) is 1. The number of nitrogens with one attached hydrogen (secondary N) is 2. The lowest BCUT2D eigenvalue weighted by molar-refractivity contribution is -0.123. The van der Waals surface area contributed by atoms with Gasteiger partial charge < -0.3 is 15.5 Å². The molecular formula is C19H35N3O2. The lowest BCUT2D eigenvalue weighted by Crippen LogP contribution is -2.50. The summed E-state index contributed by atoms with van der Waals surface area (Å²) in [5.74, 6) is 1.04. The normalized spacial score (nSPS) is 25.6. The van der Waals surface area contributed by atoms with Gasteiger partial charge in [0.25, 0.3) is 0 Å². The predicted octanol–water partition coefficient (Wildman–Crippen LogP) is 3.29. The highest BCUT2D eigenvalue weighted by Crippen LogP contribution is 2.29. The van der Waals surface area contributed by atoms with Crippen LogP contribution in [0.1, 0.15) is 72.1 Å². The van der Waals surface area contributed by atoms with Gasteiger partial charge in [0.2, 0.25) is 5.91 Å². The molecule has 24 heavy (non-hydrogen) atoms. The zero-order chi connectivity index (χ0) is 17.5. The summed E-state index contributed by atoms with van der Waals surface area (Å²) in [6.07, 6.45) is 8.63. The van der Waals surface area contributed by atoms with Gasteiger partial charge in [-0.3, -0.25) is 4.79 Å². The first kappa shape index (κ1) is 19.1. The third kappa shape index (κ3) is 5.67. The summed E-state index contributed by atoms with van der Waals surface area (Å²) in [5, 5.41) is 6.21. The molecule has 0 spiro atoms. The largest absolute Gasteiger partial charge is 0.353 e. The number of rotatable bonds is 5. The SMILES string of the molecule is CC[C@H]1CN(C(=O)NC(C)C)CC[C@H]1CC(=O)NC1CCCCC1. The van der Waals surface area contributed by atoms with Gasteiger partial charge in [-0.05, 0) is 44.9 Å². The van der Waals surface area contributed by atoms with Crippen LogP contribution in [0.4, 0.5) is 4.79 Å². The lowest BCUT2D eigenvalue weighted by atomic mass is 9.81. The summed E-state index contributed by atoms with van der Waals surface area (Å²) in [6.45, 7) is 7.67. The third-order valence-electron chi connectivity index (χ3n) is 5.53. The minimum absolute atomic E-state index is 0.0357. The first-order chi connectivity index (χ1) is 11.5. The van der Waals surface area contributed by atoms with Gasteiger partial charge in [0.15, 0.2) is 0 Å². The molecule has 1 aliphatic carbocycles. The highest BCUT2D eigenvalue weighted by Gasteiger charge is 2.32. The second-order valence-electron chi connectivity index (χ2n) is 7.87. The fourth-order valence-corrected chi connectivity index (χ4v) is 4.11. The molecule has 0 bridgehead atoms. The van der Waals surface area contributed by atoms with Crippen LogP contribution in [0.2, 0.25) is 0 Å². The molecule has 2 N–H and O–H groups in total. The maximum atomic E-state index is 12.4. The molecule has 5 heteroatoms. The predicted molar refractivity (Wildman–Crippen MR) is 96.8 cm³/mol. The summed E-state index contributed by atoms with van der Waals surface area (Å²) in [6, 6.07) is 0.591. The van der Waals surface area contributed by atoms with Crippen LogP contribution in [-0.2, 0) is 4.79 Å². The van der Waals surface area contributed by atoms with Crippen molar-refractivity contribution in [2.45, 2.75) is 84.2 Å². The summed E-state index contributed by atoms with van der Waals surface area (Å²) in [5.41, 5.74) is 0. The lowest BCUT2D eigenvalue weighted by Gasteiger charge is -2.38. The second-order valence-corrected chi connectivity index (χ2v) is 7.87. The Morgan fingerprint density at radius 1 is 1.08 bits per heavy atom. The van der Waals surface area contributed by atoms with Crippen molar-refractivity contribution in [3.63, 3.8) is 0 Å². The first-order valence-corrected chi connectivity index (χ1v) is 9.84. The van der Waals surface area contributed by atoms with Crippen LogP contribution in [0.5, 0.6) is 0 Å². The topological polar surface area (TPSA) is 61.4 Å². The number of piperidine rings is 1. The van der Waals surface area contributed by atoms with Crippen LogP contribution < -0.4 is 10.6 Å². The maximum absolute atomic E-state index is 12.4. The Morgan fingerprint density at radius 3 is 2.42 bits per heavy atom. The maximum Gasteiger partial charge on any atom is 0.317 e. The Labute approximate surface area is 146 Å². The second kappa shape index (κ2) is 9.28. The van der Waals surface area contributed by atoms with E-state index in [2.05, 4.69) is 17.6 Å². The summed E-state index contributed by atoms with van der Waals surface area (Å²) < 4.78 is 0. The number of amides is 3. The molecule has 0 radical (unpaired) electrons. The Kier molecular flexibility index (Phi) is 7.38. The highest BCUT2D eigenvalue weighted by atomic mass is 16.2. The molecule has 3 amide bonds. The van der Waals surface area contributed by atoms with Gasteiger partial charge in [-0.15, -0.1) is 0 Å². The molecule has 1 saturated heterocycles. The van der Waals surface area contributed by atoms with E-state index in [0.717, 1.165) is 38.8 Å². The first-order valence-electron chi connectivity index (χ1n) is 9.84. The van der Waals surface area contributed by atoms with E-state index in [0.29, 0.717) is 24.3 Å². The number of carbonyl (C=O) groups excluding carboxylic acids is 2. The van der Waals surface area contributed by atoms with E-state index in [-0.39, 0.29) is 18.0 Å². The average Bonchev–Trinajstić information content (AvgIpc) is 2.55. The third-order valence-corrected chi connectivity index (χ3v) is 5.53. The smallest absolute Gasteiger partial charge is 0.317 e. The van der Waals surface area contributed by atoms with Gasteiger partial charge in [-0.25, -0.2) is 4.79 Å². The van der Waals surface area contributed by atoms with Crippen LogP contribution in [-0.4, -0.2) is 42.0 Å². The van der Waals surface area contributed by atoms with E-state index in [1.54, 1.807) is 0 Å². The van der Waals surface area contributed by atoms with Gasteiger partial charge >= 0.3 is 6.03 Å². The monoisotopic (exact) mass is 337 g/mol. The molecule has 138 valence electrons. The molecule has 0 unspecified atom stereocenters. The minimum atomic E-state index is 0.0357. The minimum Gasteiger partial charge on any atom is -0.353 e. The van der Waals surface area contributed by atoms with Crippen molar-refractivity contribution in [1.82, 2.24) is 15.5 Å². The summed E-state index contributed by atoms with van der Waals surface area (Å²) in [4.78, 5) is 26.5. The zero-order valence-electron chi connectivity index (χ0n) is 15.6. The molecule has 2 aliphatic rings. The van der Waals surface area contributed by atoms with E-state index < -0.39 is 0 Å². The van der Waals surface area contributed by atoms with Gasteiger partial charge in [0.1, 0.15) is 0 Å². The molecule has 1 heterocycles. The Bertz CT molecular complexity index is 419. The fourth-order valence-electron chi connectivity index (χ4n) is 4.11. The van der Waals surface area contributed by atoms with E-state index in [4.69, 9.17) is 0 Å². The fraction of sp³-hybridized carbons (Fsp3) is 0.895. The molecular weight excluding hydrogens is 302 g/mol. The van der Waals surface area contributed by atoms with Crippen LogP contribution in [0.3, 0.4) is 0 Å². The standard InChI is InChI=1S/C19H35N3O2/c1-4-15-13-22(19(24)20-14(2)3)11-10-16(15)12-18(23)21-17-8-6-5-7-9-17/h14-17H,4-13H2,1-3H3,(H,20,24)(H,21,23)/t15-,16-/m0/s1. The van der Waals surface area contributed by atoms with Crippen LogP contribution in [0.15, 0.2) is 0 Å². The van der Waals surface area contributed by atoms with E-state index in [9.17, 15) is 9.59 Å². The molecule has 5 nitrogen and oxygen atoms in total. The molecule has 2 rings (SSSR count). The van der Waals surface area contributed by atoms with Crippen LogP contribution >= 0.6 is 0 Å². The molecule has 2 fully saturated rings. The number of carbonyl (C=O) groups is 2. The van der Waals surface area contributed by atoms with Crippen molar-refractivity contribution in [1.29, 1.82) is 0 Å². The molecule has 0 aromatic carbocycles. The molecule has 0 aromatic rings. The number of nitrogens with zero attached hydrogens (tertiary/aromatic N) is 1. The number of hydrogen-bond donors (Lipinski definition) is 2. The van der Waals surface area contributed by atoms with Crippen LogP contribution in [0.25, 0.3) is 0 Å².